The van der Waals surface area contributed by atoms with Crippen molar-refractivity contribution in [2.75, 3.05) is 38.6 Å². The largest absolute Gasteiger partial charge is 0.353 e. The molecule has 110 valence electrons. The fourth-order valence-corrected chi connectivity index (χ4v) is 1.66. The summed E-state index contributed by atoms with van der Waals surface area (Å²) in [5.74, 6) is -1.22. The normalized spacial score (nSPS) is 10.4. The minimum atomic E-state index is -0.524. The van der Waals surface area contributed by atoms with Crippen LogP contribution in [0.5, 0.6) is 0 Å². The van der Waals surface area contributed by atoms with E-state index < -0.39 is 5.82 Å². The Bertz CT molecular complexity index is 477. The molecule has 20 heavy (non-hydrogen) atoms. The molecule has 1 aromatic rings. The van der Waals surface area contributed by atoms with E-state index in [2.05, 4.69) is 5.32 Å². The van der Waals surface area contributed by atoms with Crippen molar-refractivity contribution < 1.29 is 14.0 Å². The summed E-state index contributed by atoms with van der Waals surface area (Å²) in [4.78, 5) is 26.4. The predicted octanol–water partition coefficient (Wildman–Crippen LogP) is 0.856. The molecule has 0 fully saturated rings. The lowest BCUT2D eigenvalue weighted by Crippen LogP contribution is -2.42. The summed E-state index contributed by atoms with van der Waals surface area (Å²) in [5, 5.41) is 2.69. The summed E-state index contributed by atoms with van der Waals surface area (Å²) in [7, 11) is 3.79. The monoisotopic (exact) mass is 281 g/mol. The Labute approximate surface area is 118 Å². The molecule has 1 rings (SSSR count). The molecule has 1 N–H and O–H groups in total. The summed E-state index contributed by atoms with van der Waals surface area (Å²) in [5.41, 5.74) is 0.114. The number of likely N-dealkylation sites (N-methyl/N-ethyl adjacent to an activating group) is 1. The summed E-state index contributed by atoms with van der Waals surface area (Å²) >= 11 is 0. The summed E-state index contributed by atoms with van der Waals surface area (Å²) in [6, 6.07) is 5.89. The van der Waals surface area contributed by atoms with Crippen molar-refractivity contribution >= 4 is 17.5 Å². The van der Waals surface area contributed by atoms with Crippen LogP contribution in [0.25, 0.3) is 0 Å². The highest BCUT2D eigenvalue weighted by Crippen LogP contribution is 2.18. The Morgan fingerprint density at radius 1 is 1.25 bits per heavy atom. The zero-order chi connectivity index (χ0) is 15.1. The molecular weight excluding hydrogens is 261 g/mol. The van der Waals surface area contributed by atoms with E-state index in [-0.39, 0.29) is 24.0 Å². The number of benzene rings is 1. The van der Waals surface area contributed by atoms with E-state index in [1.54, 1.807) is 6.07 Å². The van der Waals surface area contributed by atoms with Crippen molar-refractivity contribution in [3.63, 3.8) is 0 Å². The topological polar surface area (TPSA) is 52.7 Å². The van der Waals surface area contributed by atoms with Gasteiger partial charge in [-0.3, -0.25) is 9.59 Å². The van der Waals surface area contributed by atoms with Gasteiger partial charge in [-0.25, -0.2) is 4.39 Å². The number of halogens is 1. The number of amides is 2. The molecule has 0 bridgehead atoms. The molecule has 0 aliphatic carbocycles. The first-order valence-electron chi connectivity index (χ1n) is 6.36. The number of nitrogens with one attached hydrogen (secondary N) is 1. The van der Waals surface area contributed by atoms with Gasteiger partial charge in [-0.1, -0.05) is 12.1 Å². The van der Waals surface area contributed by atoms with Gasteiger partial charge < -0.3 is 15.1 Å². The van der Waals surface area contributed by atoms with Gasteiger partial charge in [-0.05, 0) is 26.2 Å². The van der Waals surface area contributed by atoms with Crippen LogP contribution in [0.2, 0.25) is 0 Å². The molecule has 0 saturated carbocycles. The average Bonchev–Trinajstić information content (AvgIpc) is 2.36. The highest BCUT2D eigenvalue weighted by molar-refractivity contribution is 5.97. The van der Waals surface area contributed by atoms with E-state index in [4.69, 9.17) is 0 Å². The number of carbonyl (C=O) groups is 2. The van der Waals surface area contributed by atoms with Crippen LogP contribution < -0.4 is 10.2 Å². The van der Waals surface area contributed by atoms with E-state index in [1.165, 1.54) is 25.1 Å². The van der Waals surface area contributed by atoms with Gasteiger partial charge in [0.1, 0.15) is 12.4 Å². The van der Waals surface area contributed by atoms with Crippen LogP contribution >= 0.6 is 0 Å². The molecule has 0 radical (unpaired) electrons. The molecule has 2 amide bonds. The van der Waals surface area contributed by atoms with E-state index in [0.717, 1.165) is 4.90 Å². The third-order valence-electron chi connectivity index (χ3n) is 2.71. The van der Waals surface area contributed by atoms with Crippen LogP contribution in [0.4, 0.5) is 10.1 Å². The fraction of sp³-hybridized carbons (Fsp3) is 0.429. The minimum absolute atomic E-state index is 0.114. The summed E-state index contributed by atoms with van der Waals surface area (Å²) in [6.45, 7) is 2.30. The third kappa shape index (κ3) is 4.97. The average molecular weight is 281 g/mol. The van der Waals surface area contributed by atoms with Crippen molar-refractivity contribution in [1.82, 2.24) is 10.2 Å². The molecule has 0 unspecified atom stereocenters. The molecule has 0 atom stereocenters. The van der Waals surface area contributed by atoms with Crippen LogP contribution in [0, 0.1) is 5.82 Å². The van der Waals surface area contributed by atoms with Crippen LogP contribution in [0.3, 0.4) is 0 Å². The third-order valence-corrected chi connectivity index (χ3v) is 2.71. The van der Waals surface area contributed by atoms with Crippen molar-refractivity contribution in [2.45, 2.75) is 6.92 Å². The lowest BCUT2D eigenvalue weighted by Gasteiger charge is -2.21. The number of hydrogen-bond donors (Lipinski definition) is 1. The lowest BCUT2D eigenvalue weighted by atomic mass is 10.2. The van der Waals surface area contributed by atoms with E-state index in [9.17, 15) is 14.0 Å². The lowest BCUT2D eigenvalue weighted by molar-refractivity contribution is -0.123. The maximum atomic E-state index is 13.7. The van der Waals surface area contributed by atoms with Crippen LogP contribution in [0.1, 0.15) is 6.92 Å². The number of rotatable bonds is 6. The Balaban J connectivity index is 2.67. The second kappa shape index (κ2) is 7.59. The zero-order valence-electron chi connectivity index (χ0n) is 12.0. The molecule has 0 spiro atoms. The first-order chi connectivity index (χ1) is 9.41. The molecule has 0 saturated heterocycles. The first kappa shape index (κ1) is 16.1. The highest BCUT2D eigenvalue weighted by atomic mass is 19.1. The molecule has 0 aliphatic heterocycles. The van der Waals surface area contributed by atoms with Gasteiger partial charge in [0.05, 0.1) is 5.69 Å². The van der Waals surface area contributed by atoms with Crippen LogP contribution in [0.15, 0.2) is 24.3 Å². The second-order valence-electron chi connectivity index (χ2n) is 4.71. The van der Waals surface area contributed by atoms with Crippen molar-refractivity contribution in [1.29, 1.82) is 0 Å². The molecule has 1 aromatic carbocycles. The first-order valence-corrected chi connectivity index (χ1v) is 6.36. The molecule has 6 heteroatoms. The minimum Gasteiger partial charge on any atom is -0.353 e. The van der Waals surface area contributed by atoms with Gasteiger partial charge in [0.2, 0.25) is 11.8 Å². The maximum absolute atomic E-state index is 13.7. The van der Waals surface area contributed by atoms with E-state index in [1.807, 2.05) is 19.0 Å². The van der Waals surface area contributed by atoms with Gasteiger partial charge in [0, 0.05) is 20.0 Å². The van der Waals surface area contributed by atoms with Crippen molar-refractivity contribution in [3.05, 3.63) is 30.1 Å². The molecule has 0 aromatic heterocycles. The summed E-state index contributed by atoms with van der Waals surface area (Å²) < 4.78 is 13.7. The highest BCUT2D eigenvalue weighted by Gasteiger charge is 2.18. The molecule has 0 aliphatic rings. The van der Waals surface area contributed by atoms with Crippen LogP contribution in [-0.4, -0.2) is 50.4 Å². The van der Waals surface area contributed by atoms with Crippen LogP contribution in [-0.2, 0) is 9.59 Å². The van der Waals surface area contributed by atoms with Gasteiger partial charge in [-0.2, -0.15) is 0 Å². The number of carbonyl (C=O) groups excluding carboxylic acids is 2. The number of hydrogen-bond acceptors (Lipinski definition) is 3. The van der Waals surface area contributed by atoms with Gasteiger partial charge in [0.15, 0.2) is 0 Å². The zero-order valence-corrected chi connectivity index (χ0v) is 12.0. The Kier molecular flexibility index (Phi) is 6.11. The SMILES string of the molecule is CC(=O)N(CC(=O)NCCN(C)C)c1ccccc1F. The van der Waals surface area contributed by atoms with Crippen molar-refractivity contribution in [2.24, 2.45) is 0 Å². The van der Waals surface area contributed by atoms with Crippen molar-refractivity contribution in [3.8, 4) is 0 Å². The number of anilines is 1. The quantitative estimate of drug-likeness (QED) is 0.841. The van der Waals surface area contributed by atoms with Gasteiger partial charge in [-0.15, -0.1) is 0 Å². The second-order valence-corrected chi connectivity index (χ2v) is 4.71. The van der Waals surface area contributed by atoms with E-state index >= 15 is 0 Å². The number of nitrogens with zero attached hydrogens (tertiary/aromatic N) is 2. The summed E-state index contributed by atoms with van der Waals surface area (Å²) in [6.07, 6.45) is 0. The number of para-hydroxylation sites is 1. The Hall–Kier alpha value is -1.95. The maximum Gasteiger partial charge on any atom is 0.240 e. The fourth-order valence-electron chi connectivity index (χ4n) is 1.66. The van der Waals surface area contributed by atoms with E-state index in [0.29, 0.717) is 13.1 Å². The Morgan fingerprint density at radius 3 is 2.45 bits per heavy atom. The smallest absolute Gasteiger partial charge is 0.240 e. The molecule has 0 heterocycles. The molecular formula is C14H20FN3O2. The Morgan fingerprint density at radius 2 is 1.90 bits per heavy atom. The van der Waals surface area contributed by atoms with Gasteiger partial charge in [0.25, 0.3) is 0 Å². The molecule has 5 nitrogen and oxygen atoms in total. The standard InChI is InChI=1S/C14H20FN3O2/c1-11(19)18(13-7-5-4-6-12(13)15)10-14(20)16-8-9-17(2)3/h4-7H,8-10H2,1-3H3,(H,16,20). The predicted molar refractivity (Wildman–Crippen MR) is 76.0 cm³/mol. The van der Waals surface area contributed by atoms with Gasteiger partial charge >= 0.3 is 0 Å².